The number of hydrogen-bond donors (Lipinski definition) is 5. The Hall–Kier alpha value is -4.38. The van der Waals surface area contributed by atoms with E-state index in [9.17, 15) is 44.4 Å². The van der Waals surface area contributed by atoms with Crippen LogP contribution >= 0.6 is 0 Å². The number of Topliss-reactive ketones (excluding diaryl/α,β-unsaturated/α-hetero) is 1. The fourth-order valence-electron chi connectivity index (χ4n) is 10.5. The zero-order valence-corrected chi connectivity index (χ0v) is 33.0. The molecule has 5 aliphatic rings. The van der Waals surface area contributed by atoms with E-state index in [2.05, 4.69) is 5.32 Å². The molecule has 4 aliphatic carbocycles. The highest BCUT2D eigenvalue weighted by Gasteiger charge is 2.78. The zero-order chi connectivity index (χ0) is 41.8. The molecule has 57 heavy (non-hydrogen) atoms. The number of esters is 4. The van der Waals surface area contributed by atoms with Crippen LogP contribution in [0.5, 0.6) is 0 Å². The highest BCUT2D eigenvalue weighted by molar-refractivity contribution is 5.95. The Bertz CT molecular complexity index is 1820. The fraction of sp³-hybridized carbons (Fsp3) is 0.659. The van der Waals surface area contributed by atoms with Gasteiger partial charge in [0.05, 0.1) is 35.6 Å². The fourth-order valence-corrected chi connectivity index (χ4v) is 10.5. The second kappa shape index (κ2) is 15.4. The number of carboxylic acid groups (broad SMARTS) is 1. The Balaban J connectivity index is 1.55. The van der Waals surface area contributed by atoms with Gasteiger partial charge in [-0.05, 0) is 55.9 Å². The first-order valence-electron chi connectivity index (χ1n) is 19.5. The lowest BCUT2D eigenvalue weighted by molar-refractivity contribution is -0.346. The summed E-state index contributed by atoms with van der Waals surface area (Å²) in [5, 5.41) is 48.9. The van der Waals surface area contributed by atoms with Crippen molar-refractivity contribution in [3.05, 3.63) is 47.0 Å². The minimum absolute atomic E-state index is 0.00242. The number of ketones is 1. The van der Waals surface area contributed by atoms with Crippen LogP contribution < -0.4 is 5.32 Å². The summed E-state index contributed by atoms with van der Waals surface area (Å²) < 4.78 is 30.0. The molecule has 3 saturated carbocycles. The minimum atomic E-state index is -2.38. The normalized spacial score (nSPS) is 35.7. The Labute approximate surface area is 330 Å². The number of aliphatic hydroxyl groups excluding tert-OH is 2. The Morgan fingerprint density at radius 1 is 0.947 bits per heavy atom. The predicted molar refractivity (Wildman–Crippen MR) is 196 cm³/mol. The monoisotopic (exact) mass is 799 g/mol. The van der Waals surface area contributed by atoms with Crippen molar-refractivity contribution in [1.82, 2.24) is 5.32 Å². The second-order valence-corrected chi connectivity index (χ2v) is 17.0. The molecule has 2 bridgehead atoms. The molecule has 0 unspecified atom stereocenters. The number of amides is 1. The average Bonchev–Trinajstić information content (AvgIpc) is 3.15. The van der Waals surface area contributed by atoms with Crippen LogP contribution in [0, 0.1) is 22.7 Å². The lowest BCUT2D eigenvalue weighted by Gasteiger charge is -2.67. The average molecular weight is 800 g/mol. The zero-order valence-electron chi connectivity index (χ0n) is 33.0. The first kappa shape index (κ1) is 42.2. The van der Waals surface area contributed by atoms with Gasteiger partial charge < -0.3 is 49.4 Å². The lowest BCUT2D eigenvalue weighted by Crippen LogP contribution is -2.82. The molecule has 1 saturated heterocycles. The molecule has 1 heterocycles. The minimum Gasteiger partial charge on any atom is -0.465 e. The highest BCUT2D eigenvalue weighted by Crippen LogP contribution is 2.64. The van der Waals surface area contributed by atoms with Gasteiger partial charge in [-0.3, -0.25) is 14.4 Å². The van der Waals surface area contributed by atoms with E-state index >= 15 is 4.79 Å². The standard InChI is InChI=1S/C41H53NO15/c1-20-25(55-36(49)30(46)29(42-37(50)51)23-13-9-7-10-14-23)18-41(52)34(56-35(48)24-15-11-8-12-16-24)32-39(6,26(45)17-27-40(32,19-53-27)57-22(3)44)33(47)31(54-21(2)43)28(20)38(41,4)5/h8,11-12,15-16,23,25-27,29-32,34,42,45-46,52H,7,9-10,13-14,17-19H2,1-6H3,(H,50,51)/t25-,26-,27+,29-,30+,31+,32-,34-,39+,40-,41+/m0/s1. The van der Waals surface area contributed by atoms with E-state index in [0.29, 0.717) is 12.8 Å². The molecule has 0 radical (unpaired) electrons. The topological polar surface area (TPSA) is 242 Å². The van der Waals surface area contributed by atoms with Crippen LogP contribution in [0.2, 0.25) is 0 Å². The summed E-state index contributed by atoms with van der Waals surface area (Å²) in [6.07, 6.45) is -8.28. The van der Waals surface area contributed by atoms with Gasteiger partial charge in [0, 0.05) is 32.1 Å². The molecule has 1 amide bonds. The SMILES string of the molecule is CC(=O)O[C@H]1C(=O)[C@@]2(C)[C@H]([C@H](OC(=O)c3ccccc3)[C@]3(O)C[C@H](OC(=O)[C@H](O)[C@@H](NC(=O)O)C4CCCCC4)C(C)=C1C3(C)C)[C@]1(OC(C)=O)CO[C@@H]1C[C@@H]2O. The predicted octanol–water partition coefficient (Wildman–Crippen LogP) is 2.78. The Morgan fingerprint density at radius 2 is 1.60 bits per heavy atom. The Morgan fingerprint density at radius 3 is 2.16 bits per heavy atom. The number of carbonyl (C=O) groups is 6. The van der Waals surface area contributed by atoms with E-state index in [1.54, 1.807) is 32.0 Å². The number of fused-ring (bicyclic) bond motifs is 5. The van der Waals surface area contributed by atoms with E-state index in [0.717, 1.165) is 33.1 Å². The molecule has 1 aromatic rings. The molecule has 4 fully saturated rings. The quantitative estimate of drug-likeness (QED) is 0.137. The largest absolute Gasteiger partial charge is 0.465 e. The molecule has 0 spiro atoms. The molecular weight excluding hydrogens is 746 g/mol. The van der Waals surface area contributed by atoms with Gasteiger partial charge >= 0.3 is 30.0 Å². The maximum atomic E-state index is 15.4. The van der Waals surface area contributed by atoms with Crippen LogP contribution in [0.15, 0.2) is 41.5 Å². The Kier molecular flexibility index (Phi) is 11.4. The number of benzene rings is 1. The maximum Gasteiger partial charge on any atom is 0.404 e. The molecule has 1 aliphatic heterocycles. The van der Waals surface area contributed by atoms with E-state index in [1.165, 1.54) is 26.0 Å². The summed E-state index contributed by atoms with van der Waals surface area (Å²) >= 11 is 0. The number of aliphatic hydroxyl groups is 3. The van der Waals surface area contributed by atoms with Crippen molar-refractivity contribution in [3.63, 3.8) is 0 Å². The van der Waals surface area contributed by atoms with Gasteiger partial charge in [-0.2, -0.15) is 0 Å². The summed E-state index contributed by atoms with van der Waals surface area (Å²) in [6, 6.07) is 6.59. The van der Waals surface area contributed by atoms with Crippen molar-refractivity contribution in [2.75, 3.05) is 6.61 Å². The third-order valence-electron chi connectivity index (χ3n) is 13.5. The number of ether oxygens (including phenoxy) is 5. The maximum absolute atomic E-state index is 15.4. The van der Waals surface area contributed by atoms with Crippen LogP contribution in [-0.4, -0.2) is 117 Å². The number of nitrogens with one attached hydrogen (secondary N) is 1. The first-order chi connectivity index (χ1) is 26.7. The van der Waals surface area contributed by atoms with Crippen molar-refractivity contribution in [2.45, 2.75) is 140 Å². The highest BCUT2D eigenvalue weighted by atomic mass is 16.6. The number of hydrogen-bond acceptors (Lipinski definition) is 14. The molecule has 1 aromatic carbocycles. The van der Waals surface area contributed by atoms with Crippen LogP contribution in [-0.2, 0) is 42.9 Å². The van der Waals surface area contributed by atoms with Crippen molar-refractivity contribution in [3.8, 4) is 0 Å². The van der Waals surface area contributed by atoms with Gasteiger partial charge in [-0.15, -0.1) is 0 Å². The molecular formula is C41H53NO15. The van der Waals surface area contributed by atoms with Gasteiger partial charge in [-0.25, -0.2) is 14.4 Å². The van der Waals surface area contributed by atoms with Gasteiger partial charge in [0.1, 0.15) is 23.9 Å². The first-order valence-corrected chi connectivity index (χ1v) is 19.5. The second-order valence-electron chi connectivity index (χ2n) is 17.0. The van der Waals surface area contributed by atoms with Crippen LogP contribution in [0.25, 0.3) is 0 Å². The summed E-state index contributed by atoms with van der Waals surface area (Å²) in [5.74, 6) is -6.61. The molecule has 5 N–H and O–H groups in total. The molecule has 6 rings (SSSR count). The van der Waals surface area contributed by atoms with Crippen LogP contribution in [0.4, 0.5) is 4.79 Å². The summed E-state index contributed by atoms with van der Waals surface area (Å²) in [6.45, 7) is 7.93. The third-order valence-corrected chi connectivity index (χ3v) is 13.5. The van der Waals surface area contributed by atoms with Gasteiger partial charge in [0.25, 0.3) is 0 Å². The van der Waals surface area contributed by atoms with Crippen LogP contribution in [0.1, 0.15) is 96.8 Å². The van der Waals surface area contributed by atoms with Gasteiger partial charge in [-0.1, -0.05) is 51.3 Å². The van der Waals surface area contributed by atoms with Crippen molar-refractivity contribution < 1.29 is 72.9 Å². The van der Waals surface area contributed by atoms with Gasteiger partial charge in [0.2, 0.25) is 0 Å². The molecule has 11 atom stereocenters. The number of carbonyl (C=O) groups excluding carboxylic acids is 5. The third kappa shape index (κ3) is 7.01. The molecule has 312 valence electrons. The van der Waals surface area contributed by atoms with Crippen molar-refractivity contribution >= 4 is 35.8 Å². The van der Waals surface area contributed by atoms with E-state index < -0.39 is 113 Å². The van der Waals surface area contributed by atoms with E-state index in [-0.39, 0.29) is 35.7 Å². The molecule has 16 nitrogen and oxygen atoms in total. The van der Waals surface area contributed by atoms with Crippen molar-refractivity contribution in [2.24, 2.45) is 22.7 Å². The smallest absolute Gasteiger partial charge is 0.404 e. The molecule has 0 aromatic heterocycles. The van der Waals surface area contributed by atoms with Crippen LogP contribution in [0.3, 0.4) is 0 Å². The number of rotatable bonds is 9. The molecule has 16 heteroatoms. The summed E-state index contributed by atoms with van der Waals surface area (Å²) in [4.78, 5) is 81.1. The van der Waals surface area contributed by atoms with Gasteiger partial charge in [0.15, 0.2) is 23.6 Å². The summed E-state index contributed by atoms with van der Waals surface area (Å²) in [5.41, 5.74) is -7.59. The van der Waals surface area contributed by atoms with E-state index in [1.807, 2.05) is 0 Å². The summed E-state index contributed by atoms with van der Waals surface area (Å²) in [7, 11) is 0. The van der Waals surface area contributed by atoms with E-state index in [4.69, 9.17) is 23.7 Å². The van der Waals surface area contributed by atoms with Crippen molar-refractivity contribution in [1.29, 1.82) is 0 Å². The lowest BCUT2D eigenvalue weighted by atomic mass is 9.44.